The van der Waals surface area contributed by atoms with E-state index in [2.05, 4.69) is 15.1 Å². The predicted octanol–water partition coefficient (Wildman–Crippen LogP) is 1.06. The predicted molar refractivity (Wildman–Crippen MR) is 72.0 cm³/mol. The molecule has 0 unspecified atom stereocenters. The van der Waals surface area contributed by atoms with E-state index in [1.165, 1.54) is 0 Å². The van der Waals surface area contributed by atoms with Crippen molar-refractivity contribution in [3.8, 4) is 11.4 Å². The summed E-state index contributed by atoms with van der Waals surface area (Å²) < 4.78 is 1.81. The molecule has 0 aliphatic heterocycles. The van der Waals surface area contributed by atoms with Gasteiger partial charge in [0.2, 0.25) is 0 Å². The topological polar surface area (TPSA) is 83.8 Å². The molecule has 0 bridgehead atoms. The molecule has 0 spiro atoms. The Morgan fingerprint density at radius 3 is 2.74 bits per heavy atom. The Balaban J connectivity index is 2.43. The number of hydrogen-bond acceptors (Lipinski definition) is 4. The average Bonchev–Trinajstić information content (AvgIpc) is 2.83. The highest BCUT2D eigenvalue weighted by atomic mass is 16.3. The van der Waals surface area contributed by atoms with Gasteiger partial charge in [-0.25, -0.2) is 4.98 Å². The molecule has 2 aromatic rings. The molecule has 2 heterocycles. The highest BCUT2D eigenvalue weighted by Gasteiger charge is 2.11. The Bertz CT molecular complexity index is 628. The fraction of sp³-hybridized carbons (Fsp3) is 0.462. The lowest BCUT2D eigenvalue weighted by atomic mass is 10.1. The first-order valence-electron chi connectivity index (χ1n) is 6.28. The fourth-order valence-electron chi connectivity index (χ4n) is 1.90. The molecule has 2 aromatic heterocycles. The van der Waals surface area contributed by atoms with Gasteiger partial charge in [0.25, 0.3) is 5.56 Å². The van der Waals surface area contributed by atoms with Gasteiger partial charge in [-0.2, -0.15) is 5.10 Å². The summed E-state index contributed by atoms with van der Waals surface area (Å²) in [7, 11) is 0. The first-order valence-corrected chi connectivity index (χ1v) is 6.28. The van der Waals surface area contributed by atoms with Crippen molar-refractivity contribution in [2.75, 3.05) is 6.61 Å². The Morgan fingerprint density at radius 1 is 1.47 bits per heavy atom. The van der Waals surface area contributed by atoms with Crippen molar-refractivity contribution in [1.29, 1.82) is 0 Å². The summed E-state index contributed by atoms with van der Waals surface area (Å²) >= 11 is 0. The summed E-state index contributed by atoms with van der Waals surface area (Å²) in [5, 5.41) is 13.2. The van der Waals surface area contributed by atoms with Crippen LogP contribution < -0.4 is 5.56 Å². The molecule has 2 rings (SSSR count). The van der Waals surface area contributed by atoms with Gasteiger partial charge >= 0.3 is 0 Å². The van der Waals surface area contributed by atoms with Gasteiger partial charge in [0.1, 0.15) is 5.82 Å². The minimum Gasteiger partial charge on any atom is -0.396 e. The van der Waals surface area contributed by atoms with Gasteiger partial charge in [0.05, 0.1) is 11.8 Å². The number of nitrogens with one attached hydrogen (secondary N) is 1. The van der Waals surface area contributed by atoms with Crippen LogP contribution in [0.15, 0.2) is 17.2 Å². The van der Waals surface area contributed by atoms with Gasteiger partial charge < -0.3 is 10.1 Å². The zero-order valence-corrected chi connectivity index (χ0v) is 11.3. The third-order valence-electron chi connectivity index (χ3n) is 2.99. The van der Waals surface area contributed by atoms with E-state index in [9.17, 15) is 4.79 Å². The normalized spacial score (nSPS) is 11.2. The fourth-order valence-corrected chi connectivity index (χ4v) is 1.90. The van der Waals surface area contributed by atoms with Crippen LogP contribution >= 0.6 is 0 Å². The number of aryl methyl sites for hydroxylation is 1. The molecule has 0 amide bonds. The van der Waals surface area contributed by atoms with Crippen molar-refractivity contribution in [1.82, 2.24) is 19.7 Å². The van der Waals surface area contributed by atoms with Crippen LogP contribution in [0.2, 0.25) is 0 Å². The van der Waals surface area contributed by atoms with Gasteiger partial charge in [0.15, 0.2) is 0 Å². The summed E-state index contributed by atoms with van der Waals surface area (Å²) in [4.78, 5) is 19.0. The number of aliphatic hydroxyl groups is 1. The minimum absolute atomic E-state index is 0.0593. The van der Waals surface area contributed by atoms with E-state index in [0.29, 0.717) is 23.5 Å². The van der Waals surface area contributed by atoms with Crippen molar-refractivity contribution in [3.05, 3.63) is 34.0 Å². The number of aromatic amines is 1. The molecule has 0 fully saturated rings. The Hall–Kier alpha value is -1.95. The van der Waals surface area contributed by atoms with E-state index >= 15 is 0 Å². The largest absolute Gasteiger partial charge is 0.396 e. The zero-order chi connectivity index (χ0) is 14.0. The highest BCUT2D eigenvalue weighted by Crippen LogP contribution is 2.15. The molecule has 6 nitrogen and oxygen atoms in total. The second kappa shape index (κ2) is 5.36. The molecular weight excluding hydrogens is 244 g/mol. The Morgan fingerprint density at radius 2 is 2.21 bits per heavy atom. The van der Waals surface area contributed by atoms with Crippen LogP contribution in [-0.2, 0) is 6.42 Å². The average molecular weight is 262 g/mol. The molecule has 0 aromatic carbocycles. The third-order valence-corrected chi connectivity index (χ3v) is 2.99. The molecule has 0 saturated heterocycles. The van der Waals surface area contributed by atoms with Crippen molar-refractivity contribution >= 4 is 0 Å². The highest BCUT2D eigenvalue weighted by molar-refractivity contribution is 5.52. The van der Waals surface area contributed by atoms with Crippen molar-refractivity contribution in [2.24, 2.45) is 0 Å². The van der Waals surface area contributed by atoms with Gasteiger partial charge in [-0.1, -0.05) is 0 Å². The Kier molecular flexibility index (Phi) is 3.80. The summed E-state index contributed by atoms with van der Waals surface area (Å²) in [5.41, 5.74) is 1.76. The van der Waals surface area contributed by atoms with Gasteiger partial charge in [0, 0.05) is 36.5 Å². The van der Waals surface area contributed by atoms with Gasteiger partial charge in [-0.15, -0.1) is 0 Å². The maximum atomic E-state index is 11.9. The molecule has 0 aliphatic carbocycles. The van der Waals surface area contributed by atoms with E-state index in [-0.39, 0.29) is 18.2 Å². The standard InChI is InChI=1S/C13H18N4O2/c1-8(2)17-7-10(6-14-17)12-15-9(3)11(4-5-18)13(19)16-12/h6-8,18H,4-5H2,1-3H3,(H,15,16,19). The van der Waals surface area contributed by atoms with Crippen LogP contribution in [0.5, 0.6) is 0 Å². The molecule has 19 heavy (non-hydrogen) atoms. The minimum atomic E-state index is -0.200. The molecular formula is C13H18N4O2. The van der Waals surface area contributed by atoms with Crippen molar-refractivity contribution in [2.45, 2.75) is 33.2 Å². The SMILES string of the molecule is Cc1nc(-c2cnn(C(C)C)c2)[nH]c(=O)c1CCO. The van der Waals surface area contributed by atoms with Crippen LogP contribution in [0.4, 0.5) is 0 Å². The molecule has 2 N–H and O–H groups in total. The monoisotopic (exact) mass is 262 g/mol. The lowest BCUT2D eigenvalue weighted by Gasteiger charge is -2.05. The molecule has 0 aliphatic rings. The molecule has 6 heteroatoms. The number of H-pyrrole nitrogens is 1. The van der Waals surface area contributed by atoms with E-state index in [1.54, 1.807) is 13.1 Å². The number of aliphatic hydroxyl groups excluding tert-OH is 1. The first-order chi connectivity index (χ1) is 9.02. The van der Waals surface area contributed by atoms with E-state index in [1.807, 2.05) is 24.7 Å². The van der Waals surface area contributed by atoms with Crippen LogP contribution in [0.25, 0.3) is 11.4 Å². The first kappa shape index (κ1) is 13.5. The van der Waals surface area contributed by atoms with Crippen LogP contribution in [0.1, 0.15) is 31.1 Å². The lowest BCUT2D eigenvalue weighted by Crippen LogP contribution is -2.18. The second-order valence-corrected chi connectivity index (χ2v) is 4.75. The lowest BCUT2D eigenvalue weighted by molar-refractivity contribution is 0.298. The zero-order valence-electron chi connectivity index (χ0n) is 11.3. The second-order valence-electron chi connectivity index (χ2n) is 4.75. The van der Waals surface area contributed by atoms with E-state index < -0.39 is 0 Å². The summed E-state index contributed by atoms with van der Waals surface area (Å²) in [5.74, 6) is 0.510. The van der Waals surface area contributed by atoms with Gasteiger partial charge in [-0.3, -0.25) is 9.48 Å². The summed E-state index contributed by atoms with van der Waals surface area (Å²) in [6, 6.07) is 0.259. The smallest absolute Gasteiger partial charge is 0.254 e. The van der Waals surface area contributed by atoms with Crippen molar-refractivity contribution in [3.63, 3.8) is 0 Å². The number of nitrogens with zero attached hydrogens (tertiary/aromatic N) is 3. The molecule has 0 atom stereocenters. The van der Waals surface area contributed by atoms with E-state index in [0.717, 1.165) is 5.56 Å². The quantitative estimate of drug-likeness (QED) is 0.863. The maximum absolute atomic E-state index is 11.9. The maximum Gasteiger partial charge on any atom is 0.254 e. The molecule has 102 valence electrons. The number of hydrogen-bond donors (Lipinski definition) is 2. The molecule has 0 saturated carbocycles. The van der Waals surface area contributed by atoms with Crippen molar-refractivity contribution < 1.29 is 5.11 Å². The summed E-state index contributed by atoms with van der Waals surface area (Å²) in [6.07, 6.45) is 3.86. The Labute approximate surface area is 111 Å². The number of rotatable bonds is 4. The van der Waals surface area contributed by atoms with Crippen LogP contribution in [0.3, 0.4) is 0 Å². The van der Waals surface area contributed by atoms with Crippen LogP contribution in [-0.4, -0.2) is 31.5 Å². The number of aromatic nitrogens is 4. The summed E-state index contributed by atoms with van der Waals surface area (Å²) in [6.45, 7) is 5.78. The van der Waals surface area contributed by atoms with Crippen LogP contribution in [0, 0.1) is 6.92 Å². The molecule has 0 radical (unpaired) electrons. The van der Waals surface area contributed by atoms with E-state index in [4.69, 9.17) is 5.11 Å². The van der Waals surface area contributed by atoms with Gasteiger partial charge in [-0.05, 0) is 20.8 Å². The third kappa shape index (κ3) is 2.73.